The number of furan rings is 1. The first kappa shape index (κ1) is 14.3. The van der Waals surface area contributed by atoms with Gasteiger partial charge >= 0.3 is 0 Å². The van der Waals surface area contributed by atoms with Crippen LogP contribution in [0, 0.1) is 5.92 Å². The number of ether oxygens (including phenoxy) is 1. The van der Waals surface area contributed by atoms with E-state index in [0.717, 1.165) is 38.2 Å². The summed E-state index contributed by atoms with van der Waals surface area (Å²) in [6, 6.07) is 4.47. The summed E-state index contributed by atoms with van der Waals surface area (Å²) in [6.45, 7) is 6.30. The summed E-state index contributed by atoms with van der Waals surface area (Å²) in [4.78, 5) is 0. The van der Waals surface area contributed by atoms with Gasteiger partial charge in [0, 0.05) is 26.2 Å². The van der Waals surface area contributed by atoms with Crippen molar-refractivity contribution in [2.24, 2.45) is 5.92 Å². The molecule has 2 unspecified atom stereocenters. The second kappa shape index (κ2) is 8.31. The van der Waals surface area contributed by atoms with Crippen LogP contribution >= 0.6 is 0 Å². The van der Waals surface area contributed by atoms with Crippen molar-refractivity contribution in [1.29, 1.82) is 0 Å². The number of nitrogens with one attached hydrogen (secondary N) is 1. The fourth-order valence-electron chi connectivity index (χ4n) is 2.10. The third kappa shape index (κ3) is 5.89. The minimum absolute atomic E-state index is 0.478. The van der Waals surface area contributed by atoms with Gasteiger partial charge in [0.25, 0.3) is 0 Å². The predicted octanol–water partition coefficient (Wildman–Crippen LogP) is 2.86. The Morgan fingerprint density at radius 2 is 2.29 bits per heavy atom. The van der Waals surface area contributed by atoms with Crippen LogP contribution in [0.2, 0.25) is 0 Å². The van der Waals surface area contributed by atoms with Crippen LogP contribution in [0.5, 0.6) is 0 Å². The third-order valence-electron chi connectivity index (χ3n) is 2.85. The maximum absolute atomic E-state index is 5.41. The Morgan fingerprint density at radius 1 is 1.47 bits per heavy atom. The summed E-state index contributed by atoms with van der Waals surface area (Å²) in [6.07, 6.45) is 4.98. The highest BCUT2D eigenvalue weighted by Gasteiger charge is 2.14. The van der Waals surface area contributed by atoms with E-state index in [0.29, 0.717) is 12.0 Å². The standard InChI is InChI=1S/C14H25NO2/c1-4-7-15-13(9-12(2)11-16-3)10-14-6-5-8-17-14/h5-6,8,12-13,15H,4,7,9-11H2,1-3H3. The summed E-state index contributed by atoms with van der Waals surface area (Å²) < 4.78 is 10.6. The van der Waals surface area contributed by atoms with Crippen molar-refractivity contribution >= 4 is 0 Å². The maximum Gasteiger partial charge on any atom is 0.105 e. The second-order valence-electron chi connectivity index (χ2n) is 4.73. The molecule has 0 amide bonds. The molecule has 0 saturated heterocycles. The van der Waals surface area contributed by atoms with Crippen LogP contribution in [-0.4, -0.2) is 26.3 Å². The molecule has 0 aliphatic heterocycles. The number of hydrogen-bond donors (Lipinski definition) is 1. The molecule has 0 aromatic carbocycles. The topological polar surface area (TPSA) is 34.4 Å². The highest BCUT2D eigenvalue weighted by molar-refractivity contribution is 5.00. The lowest BCUT2D eigenvalue weighted by atomic mass is 9.99. The predicted molar refractivity (Wildman–Crippen MR) is 70.2 cm³/mol. The zero-order valence-corrected chi connectivity index (χ0v) is 11.2. The van der Waals surface area contributed by atoms with Crippen LogP contribution in [0.3, 0.4) is 0 Å². The van der Waals surface area contributed by atoms with Crippen molar-refractivity contribution in [3.8, 4) is 0 Å². The molecule has 1 N–H and O–H groups in total. The lowest BCUT2D eigenvalue weighted by Gasteiger charge is -2.21. The first-order chi connectivity index (χ1) is 8.26. The molecule has 0 radical (unpaired) electrons. The van der Waals surface area contributed by atoms with Crippen molar-refractivity contribution in [2.45, 2.75) is 39.2 Å². The van der Waals surface area contributed by atoms with E-state index in [1.165, 1.54) is 0 Å². The van der Waals surface area contributed by atoms with E-state index >= 15 is 0 Å². The SMILES string of the molecule is CCCNC(Cc1ccco1)CC(C)COC. The zero-order chi connectivity index (χ0) is 12.5. The molecular formula is C14H25NO2. The monoisotopic (exact) mass is 239 g/mol. The highest BCUT2D eigenvalue weighted by Crippen LogP contribution is 2.12. The van der Waals surface area contributed by atoms with Gasteiger partial charge in [-0.3, -0.25) is 0 Å². The Hall–Kier alpha value is -0.800. The molecule has 1 rings (SSSR count). The highest BCUT2D eigenvalue weighted by atomic mass is 16.5. The summed E-state index contributed by atoms with van der Waals surface area (Å²) in [5, 5.41) is 3.58. The van der Waals surface area contributed by atoms with Crippen LogP contribution < -0.4 is 5.32 Å². The molecule has 0 bridgehead atoms. The number of methoxy groups -OCH3 is 1. The van der Waals surface area contributed by atoms with E-state index in [1.54, 1.807) is 13.4 Å². The lowest BCUT2D eigenvalue weighted by molar-refractivity contribution is 0.148. The molecule has 0 saturated carbocycles. The molecule has 3 heteroatoms. The van der Waals surface area contributed by atoms with Gasteiger partial charge in [-0.2, -0.15) is 0 Å². The van der Waals surface area contributed by atoms with Crippen molar-refractivity contribution in [2.75, 3.05) is 20.3 Å². The molecule has 3 nitrogen and oxygen atoms in total. The molecule has 0 aliphatic carbocycles. The van der Waals surface area contributed by atoms with Crippen molar-refractivity contribution in [3.05, 3.63) is 24.2 Å². The second-order valence-corrected chi connectivity index (χ2v) is 4.73. The first-order valence-electron chi connectivity index (χ1n) is 6.51. The normalized spacial score (nSPS) is 14.8. The van der Waals surface area contributed by atoms with Crippen LogP contribution in [0.25, 0.3) is 0 Å². The molecule has 1 aromatic rings. The van der Waals surface area contributed by atoms with Gasteiger partial charge in [0.15, 0.2) is 0 Å². The van der Waals surface area contributed by atoms with Gasteiger partial charge in [0.1, 0.15) is 5.76 Å². The average molecular weight is 239 g/mol. The van der Waals surface area contributed by atoms with Crippen LogP contribution in [0.4, 0.5) is 0 Å². The lowest BCUT2D eigenvalue weighted by Crippen LogP contribution is -2.34. The Balaban J connectivity index is 2.42. The molecule has 1 aromatic heterocycles. The minimum atomic E-state index is 0.478. The largest absolute Gasteiger partial charge is 0.469 e. The molecule has 0 aliphatic rings. The Bertz CT molecular complexity index is 272. The summed E-state index contributed by atoms with van der Waals surface area (Å²) in [7, 11) is 1.76. The first-order valence-corrected chi connectivity index (χ1v) is 6.51. The van der Waals surface area contributed by atoms with E-state index in [1.807, 2.05) is 12.1 Å². The maximum atomic E-state index is 5.41. The third-order valence-corrected chi connectivity index (χ3v) is 2.85. The fraction of sp³-hybridized carbons (Fsp3) is 0.714. The van der Waals surface area contributed by atoms with E-state index in [2.05, 4.69) is 19.2 Å². The molecular weight excluding hydrogens is 214 g/mol. The molecule has 17 heavy (non-hydrogen) atoms. The Kier molecular flexibility index (Phi) is 6.97. The molecule has 1 heterocycles. The van der Waals surface area contributed by atoms with Gasteiger partial charge in [-0.25, -0.2) is 0 Å². The zero-order valence-electron chi connectivity index (χ0n) is 11.2. The smallest absolute Gasteiger partial charge is 0.105 e. The van der Waals surface area contributed by atoms with Crippen LogP contribution in [0.1, 0.15) is 32.4 Å². The van der Waals surface area contributed by atoms with E-state index in [9.17, 15) is 0 Å². The van der Waals surface area contributed by atoms with Crippen molar-refractivity contribution < 1.29 is 9.15 Å². The van der Waals surface area contributed by atoms with E-state index in [4.69, 9.17) is 9.15 Å². The Labute approximate surface area is 105 Å². The summed E-state index contributed by atoms with van der Waals surface area (Å²) in [5.74, 6) is 1.63. The van der Waals surface area contributed by atoms with Gasteiger partial charge in [-0.1, -0.05) is 13.8 Å². The van der Waals surface area contributed by atoms with Gasteiger partial charge < -0.3 is 14.5 Å². The molecule has 98 valence electrons. The van der Waals surface area contributed by atoms with Gasteiger partial charge in [-0.05, 0) is 37.4 Å². The quantitative estimate of drug-likeness (QED) is 0.719. The number of hydrogen-bond acceptors (Lipinski definition) is 3. The summed E-state index contributed by atoms with van der Waals surface area (Å²) in [5.41, 5.74) is 0. The molecule has 2 atom stereocenters. The Morgan fingerprint density at radius 3 is 2.88 bits per heavy atom. The van der Waals surface area contributed by atoms with Crippen LogP contribution in [-0.2, 0) is 11.2 Å². The number of rotatable bonds is 9. The minimum Gasteiger partial charge on any atom is -0.469 e. The van der Waals surface area contributed by atoms with Crippen molar-refractivity contribution in [1.82, 2.24) is 5.32 Å². The van der Waals surface area contributed by atoms with Gasteiger partial charge in [0.2, 0.25) is 0 Å². The molecule has 0 spiro atoms. The average Bonchev–Trinajstić information content (AvgIpc) is 2.79. The molecule has 0 fully saturated rings. The van der Waals surface area contributed by atoms with Gasteiger partial charge in [0.05, 0.1) is 6.26 Å². The van der Waals surface area contributed by atoms with Gasteiger partial charge in [-0.15, -0.1) is 0 Å². The fourth-order valence-corrected chi connectivity index (χ4v) is 2.10. The van der Waals surface area contributed by atoms with Crippen molar-refractivity contribution in [3.63, 3.8) is 0 Å². The summed E-state index contributed by atoms with van der Waals surface area (Å²) >= 11 is 0. The van der Waals surface area contributed by atoms with Crippen LogP contribution in [0.15, 0.2) is 22.8 Å². The van der Waals surface area contributed by atoms with E-state index in [-0.39, 0.29) is 0 Å². The van der Waals surface area contributed by atoms with E-state index < -0.39 is 0 Å².